The maximum absolute atomic E-state index is 12.9. The Labute approximate surface area is 159 Å². The molecular formula is C21H34N2O2S. The Morgan fingerprint density at radius 2 is 1.73 bits per heavy atom. The third-order valence-electron chi connectivity index (χ3n) is 5.93. The zero-order valence-electron chi connectivity index (χ0n) is 16.4. The van der Waals surface area contributed by atoms with E-state index in [2.05, 4.69) is 18.7 Å². The van der Waals surface area contributed by atoms with Gasteiger partial charge in [-0.25, -0.2) is 8.42 Å². The van der Waals surface area contributed by atoms with Gasteiger partial charge in [0.25, 0.3) is 0 Å². The molecule has 0 radical (unpaired) electrons. The summed E-state index contributed by atoms with van der Waals surface area (Å²) in [6.07, 6.45) is 6.71. The van der Waals surface area contributed by atoms with Gasteiger partial charge in [0.05, 0.1) is 4.90 Å². The Kier molecular flexibility index (Phi) is 6.76. The van der Waals surface area contributed by atoms with Gasteiger partial charge < -0.3 is 4.90 Å². The molecule has 2 aliphatic rings. The minimum absolute atomic E-state index is 0.445. The number of nitrogens with zero attached hydrogens (tertiary/aromatic N) is 2. The zero-order valence-corrected chi connectivity index (χ0v) is 17.2. The van der Waals surface area contributed by atoms with Crippen LogP contribution in [0.1, 0.15) is 51.5 Å². The first kappa shape index (κ1) is 19.8. The van der Waals surface area contributed by atoms with Crippen LogP contribution in [0.2, 0.25) is 0 Å². The normalized spacial score (nSPS) is 24.0. The first-order valence-electron chi connectivity index (χ1n) is 10.3. The van der Waals surface area contributed by atoms with E-state index in [9.17, 15) is 8.42 Å². The quantitative estimate of drug-likeness (QED) is 0.756. The van der Waals surface area contributed by atoms with Crippen molar-refractivity contribution < 1.29 is 8.42 Å². The highest BCUT2D eigenvalue weighted by atomic mass is 32.2. The van der Waals surface area contributed by atoms with Gasteiger partial charge in [0, 0.05) is 26.2 Å². The average Bonchev–Trinajstić information content (AvgIpc) is 2.63. The maximum Gasteiger partial charge on any atom is 0.243 e. The van der Waals surface area contributed by atoms with Crippen LogP contribution in [0.15, 0.2) is 29.2 Å². The molecule has 0 saturated carbocycles. The Morgan fingerprint density at radius 3 is 2.35 bits per heavy atom. The molecule has 26 heavy (non-hydrogen) atoms. The number of sulfonamides is 1. The molecule has 2 fully saturated rings. The summed E-state index contributed by atoms with van der Waals surface area (Å²) in [6.45, 7) is 9.37. The van der Waals surface area contributed by atoms with Gasteiger partial charge in [-0.05, 0) is 68.2 Å². The fourth-order valence-electron chi connectivity index (χ4n) is 4.42. The fourth-order valence-corrected chi connectivity index (χ4v) is 5.89. The van der Waals surface area contributed by atoms with Crippen molar-refractivity contribution in [2.45, 2.75) is 57.3 Å². The van der Waals surface area contributed by atoms with Crippen LogP contribution in [-0.2, 0) is 16.4 Å². The van der Waals surface area contributed by atoms with E-state index in [4.69, 9.17) is 0 Å². The summed E-state index contributed by atoms with van der Waals surface area (Å²) in [5.74, 6) is 1.44. The number of aryl methyl sites for hydroxylation is 1. The first-order valence-corrected chi connectivity index (χ1v) is 11.7. The van der Waals surface area contributed by atoms with E-state index >= 15 is 0 Å². The van der Waals surface area contributed by atoms with Crippen molar-refractivity contribution in [1.82, 2.24) is 9.21 Å². The highest BCUT2D eigenvalue weighted by Gasteiger charge is 2.30. The summed E-state index contributed by atoms with van der Waals surface area (Å²) in [6, 6.07) is 7.48. The molecule has 0 amide bonds. The summed E-state index contributed by atoms with van der Waals surface area (Å²) in [7, 11) is -3.34. The van der Waals surface area contributed by atoms with Crippen molar-refractivity contribution in [3.8, 4) is 0 Å². The van der Waals surface area contributed by atoms with E-state index < -0.39 is 10.0 Å². The van der Waals surface area contributed by atoms with E-state index in [1.165, 1.54) is 31.5 Å². The molecule has 0 N–H and O–H groups in total. The first-order chi connectivity index (χ1) is 12.5. The molecule has 0 aromatic heterocycles. The summed E-state index contributed by atoms with van der Waals surface area (Å²) >= 11 is 0. The third-order valence-corrected chi connectivity index (χ3v) is 7.84. The highest BCUT2D eigenvalue weighted by Crippen LogP contribution is 2.26. The van der Waals surface area contributed by atoms with Crippen LogP contribution in [0, 0.1) is 11.8 Å². The van der Waals surface area contributed by atoms with Crippen molar-refractivity contribution in [3.05, 3.63) is 29.8 Å². The van der Waals surface area contributed by atoms with Crippen LogP contribution in [0.3, 0.4) is 0 Å². The standard InChI is InChI=1S/C21H34N2O2S/c1-3-5-19-7-9-21(10-8-19)26(24,25)23-14-11-20(12-15-23)17-22-13-4-6-18(2)16-22/h7-10,18,20H,3-6,11-17H2,1-2H3/t18-/m1/s1. The molecule has 0 aliphatic carbocycles. The van der Waals surface area contributed by atoms with Crippen molar-refractivity contribution in [1.29, 1.82) is 0 Å². The molecule has 1 atom stereocenters. The van der Waals surface area contributed by atoms with Crippen LogP contribution in [0.4, 0.5) is 0 Å². The molecule has 146 valence electrons. The predicted molar refractivity (Wildman–Crippen MR) is 107 cm³/mol. The summed E-state index contributed by atoms with van der Waals surface area (Å²) in [5, 5.41) is 0. The van der Waals surface area contributed by atoms with E-state index in [1.54, 1.807) is 16.4 Å². The van der Waals surface area contributed by atoms with Gasteiger partial charge in [-0.3, -0.25) is 0 Å². The van der Waals surface area contributed by atoms with E-state index in [1.807, 2.05) is 12.1 Å². The number of benzene rings is 1. The Morgan fingerprint density at radius 1 is 1.04 bits per heavy atom. The molecular weight excluding hydrogens is 344 g/mol. The van der Waals surface area contributed by atoms with E-state index in [-0.39, 0.29) is 0 Å². The second-order valence-electron chi connectivity index (χ2n) is 8.25. The molecule has 3 rings (SSSR count). The molecule has 2 saturated heterocycles. The van der Waals surface area contributed by atoms with Crippen LogP contribution in [-0.4, -0.2) is 50.3 Å². The van der Waals surface area contributed by atoms with Gasteiger partial charge >= 0.3 is 0 Å². The maximum atomic E-state index is 12.9. The SMILES string of the molecule is CCCc1ccc(S(=O)(=O)N2CCC(CN3CCC[C@@H](C)C3)CC2)cc1. The lowest BCUT2D eigenvalue weighted by molar-refractivity contribution is 0.136. The summed E-state index contributed by atoms with van der Waals surface area (Å²) in [4.78, 5) is 3.04. The average molecular weight is 379 g/mol. The smallest absolute Gasteiger partial charge is 0.243 e. The lowest BCUT2D eigenvalue weighted by atomic mass is 9.94. The molecule has 1 aromatic rings. The summed E-state index contributed by atoms with van der Waals surface area (Å²) in [5.41, 5.74) is 1.21. The molecule has 0 unspecified atom stereocenters. The molecule has 1 aromatic carbocycles. The third kappa shape index (κ3) is 4.87. The van der Waals surface area contributed by atoms with Crippen molar-refractivity contribution in [2.75, 3.05) is 32.7 Å². The number of likely N-dealkylation sites (tertiary alicyclic amines) is 1. The number of piperidine rings is 2. The molecule has 0 bridgehead atoms. The monoisotopic (exact) mass is 378 g/mol. The second-order valence-corrected chi connectivity index (χ2v) is 10.2. The van der Waals surface area contributed by atoms with Crippen LogP contribution >= 0.6 is 0 Å². The molecule has 2 heterocycles. The lowest BCUT2D eigenvalue weighted by Gasteiger charge is -2.37. The molecule has 4 nitrogen and oxygen atoms in total. The topological polar surface area (TPSA) is 40.6 Å². The Bertz CT molecular complexity index is 664. The van der Waals surface area contributed by atoms with Gasteiger partial charge in [0.15, 0.2) is 0 Å². The van der Waals surface area contributed by atoms with Gasteiger partial charge in [0.1, 0.15) is 0 Å². The van der Waals surface area contributed by atoms with Crippen LogP contribution in [0.25, 0.3) is 0 Å². The van der Waals surface area contributed by atoms with Gasteiger partial charge in [-0.15, -0.1) is 0 Å². The summed E-state index contributed by atoms with van der Waals surface area (Å²) < 4.78 is 27.5. The lowest BCUT2D eigenvalue weighted by Crippen LogP contribution is -2.43. The van der Waals surface area contributed by atoms with E-state index in [0.29, 0.717) is 23.9 Å². The zero-order chi connectivity index (χ0) is 18.6. The van der Waals surface area contributed by atoms with E-state index in [0.717, 1.165) is 38.1 Å². The van der Waals surface area contributed by atoms with Gasteiger partial charge in [-0.1, -0.05) is 32.4 Å². The number of rotatable bonds is 6. The van der Waals surface area contributed by atoms with Crippen molar-refractivity contribution in [3.63, 3.8) is 0 Å². The highest BCUT2D eigenvalue weighted by molar-refractivity contribution is 7.89. The van der Waals surface area contributed by atoms with Crippen LogP contribution < -0.4 is 0 Å². The predicted octanol–water partition coefficient (Wildman–Crippen LogP) is 3.77. The second kappa shape index (κ2) is 8.85. The Hall–Kier alpha value is -0.910. The Balaban J connectivity index is 1.54. The molecule has 5 heteroatoms. The number of hydrogen-bond donors (Lipinski definition) is 0. The molecule has 0 spiro atoms. The number of hydrogen-bond acceptors (Lipinski definition) is 3. The largest absolute Gasteiger partial charge is 0.303 e. The minimum Gasteiger partial charge on any atom is -0.303 e. The van der Waals surface area contributed by atoms with Gasteiger partial charge in [-0.2, -0.15) is 4.31 Å². The molecule has 2 aliphatic heterocycles. The van der Waals surface area contributed by atoms with Gasteiger partial charge in [0.2, 0.25) is 10.0 Å². The van der Waals surface area contributed by atoms with Crippen molar-refractivity contribution in [2.24, 2.45) is 11.8 Å². The van der Waals surface area contributed by atoms with Crippen molar-refractivity contribution >= 4 is 10.0 Å². The minimum atomic E-state index is -3.34. The fraction of sp³-hybridized carbons (Fsp3) is 0.714. The van der Waals surface area contributed by atoms with Crippen LogP contribution in [0.5, 0.6) is 0 Å².